The molecule has 193 valence electrons. The maximum atomic E-state index is 12.6. The number of hydrogen-bond donors (Lipinski definition) is 2. The second-order valence-corrected chi connectivity index (χ2v) is 8.77. The van der Waals surface area contributed by atoms with Crippen molar-refractivity contribution in [3.05, 3.63) is 57.6 Å². The van der Waals surface area contributed by atoms with E-state index in [-0.39, 0.29) is 62.5 Å². The van der Waals surface area contributed by atoms with Gasteiger partial charge in [0, 0.05) is 78.2 Å². The first-order valence-corrected chi connectivity index (χ1v) is 12.0. The van der Waals surface area contributed by atoms with Crippen LogP contribution in [0.25, 0.3) is 5.48 Å². The SMILES string of the molecule is CCC(Oc1ncc(Cl)cc1Cl)C(=O)NCc1cccc([N-]ON2CCN(CCC(=O)O)CC2)c1.[Y]. The van der Waals surface area contributed by atoms with Crippen LogP contribution >= 0.6 is 23.2 Å². The molecule has 10 nitrogen and oxygen atoms in total. The van der Waals surface area contributed by atoms with Gasteiger partial charge in [-0.3, -0.25) is 9.59 Å². The van der Waals surface area contributed by atoms with E-state index in [2.05, 4.69) is 20.7 Å². The molecule has 1 aliphatic heterocycles. The van der Waals surface area contributed by atoms with Crippen molar-refractivity contribution in [2.75, 3.05) is 32.7 Å². The number of carbonyl (C=O) groups is 2. The summed E-state index contributed by atoms with van der Waals surface area (Å²) >= 11 is 11.9. The number of carboxylic acids is 1. The number of halogens is 2. The van der Waals surface area contributed by atoms with Crippen LogP contribution in [0.5, 0.6) is 5.88 Å². The summed E-state index contributed by atoms with van der Waals surface area (Å²) in [5, 5.41) is 14.0. The van der Waals surface area contributed by atoms with Crippen molar-refractivity contribution in [1.29, 1.82) is 0 Å². The third-order valence-corrected chi connectivity index (χ3v) is 5.78. The molecule has 1 radical (unpaired) electrons. The van der Waals surface area contributed by atoms with Gasteiger partial charge in [-0.1, -0.05) is 54.4 Å². The first-order chi connectivity index (χ1) is 16.8. The fourth-order valence-electron chi connectivity index (χ4n) is 3.37. The van der Waals surface area contributed by atoms with Gasteiger partial charge in [0.15, 0.2) is 6.10 Å². The summed E-state index contributed by atoms with van der Waals surface area (Å²) in [4.78, 5) is 35.0. The number of pyridine rings is 1. The van der Waals surface area contributed by atoms with Crippen molar-refractivity contribution in [3.63, 3.8) is 0 Å². The molecule has 2 heterocycles. The van der Waals surface area contributed by atoms with Crippen LogP contribution in [-0.4, -0.2) is 70.8 Å². The molecule has 1 atom stereocenters. The van der Waals surface area contributed by atoms with Gasteiger partial charge in [0.05, 0.1) is 11.4 Å². The minimum Gasteiger partial charge on any atom is -0.542 e. The summed E-state index contributed by atoms with van der Waals surface area (Å²) in [6.07, 6.45) is 1.21. The Labute approximate surface area is 245 Å². The maximum Gasteiger partial charge on any atom is 0.304 e. The van der Waals surface area contributed by atoms with Crippen molar-refractivity contribution in [2.24, 2.45) is 0 Å². The van der Waals surface area contributed by atoms with Crippen molar-refractivity contribution in [1.82, 2.24) is 20.3 Å². The number of rotatable bonds is 12. The van der Waals surface area contributed by atoms with Gasteiger partial charge < -0.3 is 30.5 Å². The van der Waals surface area contributed by atoms with Crippen LogP contribution < -0.4 is 10.1 Å². The van der Waals surface area contributed by atoms with Gasteiger partial charge >= 0.3 is 5.97 Å². The van der Waals surface area contributed by atoms with Gasteiger partial charge in [0.2, 0.25) is 5.88 Å². The fourth-order valence-corrected chi connectivity index (χ4v) is 3.79. The minimum absolute atomic E-state index is 0. The largest absolute Gasteiger partial charge is 0.542 e. The number of nitrogens with zero attached hydrogens (tertiary/aromatic N) is 4. The smallest absolute Gasteiger partial charge is 0.304 e. The number of aromatic nitrogens is 1. The number of hydrogen-bond acceptors (Lipinski definition) is 7. The number of aliphatic carboxylic acids is 1. The molecule has 2 N–H and O–H groups in total. The molecule has 1 fully saturated rings. The first kappa shape index (κ1) is 30.7. The molecular formula is C23H28Cl2N5O5Y-. The number of carbonyl (C=O) groups excluding carboxylic acids is 1. The van der Waals surface area contributed by atoms with E-state index < -0.39 is 12.1 Å². The van der Waals surface area contributed by atoms with Crippen LogP contribution in [0.15, 0.2) is 36.5 Å². The number of piperazine rings is 1. The number of nitrogens with one attached hydrogen (secondary N) is 1. The predicted molar refractivity (Wildman–Crippen MR) is 132 cm³/mol. The molecule has 1 amide bonds. The summed E-state index contributed by atoms with van der Waals surface area (Å²) < 4.78 is 5.67. The van der Waals surface area contributed by atoms with Crippen LogP contribution in [-0.2, 0) is 53.8 Å². The molecule has 2 aromatic rings. The van der Waals surface area contributed by atoms with E-state index in [0.717, 1.165) is 5.56 Å². The second-order valence-electron chi connectivity index (χ2n) is 7.93. The number of hydroxylamine groups is 2. The average Bonchev–Trinajstić information content (AvgIpc) is 2.85. The Morgan fingerprint density at radius 1 is 1.22 bits per heavy atom. The zero-order valence-corrected chi connectivity index (χ0v) is 24.3. The Morgan fingerprint density at radius 3 is 2.64 bits per heavy atom. The Hall–Kier alpha value is -1.53. The van der Waals surface area contributed by atoms with E-state index in [1.54, 1.807) is 11.1 Å². The van der Waals surface area contributed by atoms with Crippen LogP contribution in [0, 0.1) is 0 Å². The Morgan fingerprint density at radius 2 is 1.97 bits per heavy atom. The van der Waals surface area contributed by atoms with Crippen LogP contribution in [0.4, 0.5) is 5.69 Å². The van der Waals surface area contributed by atoms with E-state index in [1.807, 2.05) is 25.1 Å². The molecule has 0 spiro atoms. The zero-order valence-electron chi connectivity index (χ0n) is 19.9. The summed E-state index contributed by atoms with van der Waals surface area (Å²) in [6.45, 7) is 5.33. The number of benzene rings is 1. The van der Waals surface area contributed by atoms with E-state index in [0.29, 0.717) is 49.9 Å². The summed E-state index contributed by atoms with van der Waals surface area (Å²) in [5.74, 6) is -0.936. The monoisotopic (exact) mass is 613 g/mol. The van der Waals surface area contributed by atoms with Gasteiger partial charge in [-0.2, -0.15) is 0 Å². The van der Waals surface area contributed by atoms with Gasteiger partial charge in [0.25, 0.3) is 5.91 Å². The van der Waals surface area contributed by atoms with E-state index >= 15 is 0 Å². The quantitative estimate of drug-likeness (QED) is 0.347. The molecule has 36 heavy (non-hydrogen) atoms. The van der Waals surface area contributed by atoms with Gasteiger partial charge in [-0.25, -0.2) is 10.0 Å². The molecule has 0 saturated carbocycles. The number of ether oxygens (including phenoxy) is 1. The molecule has 1 aromatic carbocycles. The van der Waals surface area contributed by atoms with E-state index in [4.69, 9.17) is 38.0 Å². The normalized spacial score (nSPS) is 15.0. The third kappa shape index (κ3) is 10.1. The molecule has 0 aliphatic carbocycles. The summed E-state index contributed by atoms with van der Waals surface area (Å²) in [7, 11) is 0. The molecule has 1 unspecified atom stereocenters. The second kappa shape index (κ2) is 15.7. The Kier molecular flexibility index (Phi) is 13.4. The zero-order chi connectivity index (χ0) is 25.2. The van der Waals surface area contributed by atoms with Gasteiger partial charge in [-0.15, -0.1) is 5.69 Å². The van der Waals surface area contributed by atoms with Crippen molar-refractivity contribution in [3.8, 4) is 5.88 Å². The first-order valence-electron chi connectivity index (χ1n) is 11.3. The molecule has 1 aliphatic rings. The Bertz CT molecular complexity index is 1010. The molecular weight excluding hydrogens is 586 g/mol. The topological polar surface area (TPSA) is 118 Å². The van der Waals surface area contributed by atoms with Crippen molar-refractivity contribution in [2.45, 2.75) is 32.4 Å². The summed E-state index contributed by atoms with van der Waals surface area (Å²) in [6, 6.07) is 8.84. The molecule has 13 heteroatoms. The minimum atomic E-state index is -0.796. The average molecular weight is 614 g/mol. The Balaban J connectivity index is 0.00000456. The summed E-state index contributed by atoms with van der Waals surface area (Å²) in [5.41, 5.74) is 5.65. The standard InChI is InChI=1S/C23H28Cl2N5O5.Y/c1-2-20(34-23-19(25)13-17(24)15-27-23)22(33)26-14-16-4-3-5-18(12-16)28-35-30-10-8-29(9-11-30)7-6-21(31)32;/h3-5,12-13,15,20H,2,6-11,14H2,1H3,(H,26,33)(H,31,32);/q-1;. The van der Waals surface area contributed by atoms with Crippen LogP contribution in [0.2, 0.25) is 10.0 Å². The maximum absolute atomic E-state index is 12.6. The molecule has 1 aromatic heterocycles. The molecule has 3 rings (SSSR count). The number of carboxylic acid groups (broad SMARTS) is 1. The third-order valence-electron chi connectivity index (χ3n) is 5.30. The van der Waals surface area contributed by atoms with Crippen LogP contribution in [0.3, 0.4) is 0 Å². The van der Waals surface area contributed by atoms with E-state index in [1.165, 1.54) is 12.3 Å². The van der Waals surface area contributed by atoms with Crippen molar-refractivity contribution >= 4 is 40.8 Å². The molecule has 0 bridgehead atoms. The molecule has 1 saturated heterocycles. The van der Waals surface area contributed by atoms with E-state index in [9.17, 15) is 9.59 Å². The fraction of sp³-hybridized carbons (Fsp3) is 0.435. The van der Waals surface area contributed by atoms with Crippen molar-refractivity contribution < 1.29 is 57.1 Å². The predicted octanol–water partition coefficient (Wildman–Crippen LogP) is 3.80. The van der Waals surface area contributed by atoms with Crippen LogP contribution in [0.1, 0.15) is 25.3 Å². The number of amides is 1. The van der Waals surface area contributed by atoms with Gasteiger partial charge in [-0.05, 0) is 18.1 Å². The van der Waals surface area contributed by atoms with Gasteiger partial charge in [0.1, 0.15) is 5.02 Å².